The van der Waals surface area contributed by atoms with Crippen LogP contribution >= 0.6 is 0 Å². The lowest BCUT2D eigenvalue weighted by atomic mass is 10.1. The fraction of sp³-hybridized carbons (Fsp3) is 0.588. The molecule has 0 bridgehead atoms. The zero-order chi connectivity index (χ0) is 16.3. The van der Waals surface area contributed by atoms with Crippen LogP contribution < -0.4 is 9.47 Å². The van der Waals surface area contributed by atoms with Crippen molar-refractivity contribution in [3.05, 3.63) is 23.8 Å². The molecule has 128 valence electrons. The average molecular weight is 324 g/mol. The second-order valence-corrected chi connectivity index (χ2v) is 5.19. The van der Waals surface area contributed by atoms with E-state index in [1.165, 1.54) is 0 Å². The number of carbonyl (C=O) groups is 1. The van der Waals surface area contributed by atoms with Crippen molar-refractivity contribution in [2.75, 3.05) is 52.9 Å². The first kappa shape index (κ1) is 17.7. The SMILES string of the molecule is CC(=O)Cc1ccc2c(c1)OCCOCCOCCOCCO2. The van der Waals surface area contributed by atoms with Gasteiger partial charge in [-0.2, -0.15) is 0 Å². The summed E-state index contributed by atoms with van der Waals surface area (Å²) in [7, 11) is 0. The van der Waals surface area contributed by atoms with Crippen LogP contribution in [0.1, 0.15) is 12.5 Å². The Balaban J connectivity index is 2.01. The number of rotatable bonds is 2. The molecule has 6 nitrogen and oxygen atoms in total. The van der Waals surface area contributed by atoms with Crippen LogP contribution in [0.5, 0.6) is 11.5 Å². The topological polar surface area (TPSA) is 63.2 Å². The van der Waals surface area contributed by atoms with E-state index in [9.17, 15) is 4.79 Å². The minimum Gasteiger partial charge on any atom is -0.487 e. The molecule has 0 radical (unpaired) electrons. The van der Waals surface area contributed by atoms with Crippen LogP contribution in [0.3, 0.4) is 0 Å². The van der Waals surface area contributed by atoms with E-state index in [1.54, 1.807) is 6.92 Å². The van der Waals surface area contributed by atoms with Gasteiger partial charge in [-0.1, -0.05) is 6.07 Å². The van der Waals surface area contributed by atoms with Gasteiger partial charge < -0.3 is 23.7 Å². The molecule has 0 saturated heterocycles. The second kappa shape index (κ2) is 10.2. The highest BCUT2D eigenvalue weighted by Crippen LogP contribution is 2.28. The lowest BCUT2D eigenvalue weighted by molar-refractivity contribution is -0.116. The van der Waals surface area contributed by atoms with Crippen LogP contribution in [-0.4, -0.2) is 58.6 Å². The van der Waals surface area contributed by atoms with Crippen LogP contribution in [0.25, 0.3) is 0 Å². The summed E-state index contributed by atoms with van der Waals surface area (Å²) in [4.78, 5) is 11.3. The van der Waals surface area contributed by atoms with Crippen LogP contribution in [0, 0.1) is 0 Å². The molecule has 0 aromatic heterocycles. The van der Waals surface area contributed by atoms with Crippen LogP contribution in [-0.2, 0) is 25.4 Å². The van der Waals surface area contributed by atoms with E-state index in [0.717, 1.165) is 5.56 Å². The number of carbonyl (C=O) groups excluding carboxylic acids is 1. The molecule has 1 aromatic carbocycles. The van der Waals surface area contributed by atoms with Gasteiger partial charge in [-0.3, -0.25) is 4.79 Å². The largest absolute Gasteiger partial charge is 0.487 e. The minimum absolute atomic E-state index is 0.111. The molecule has 0 spiro atoms. The predicted molar refractivity (Wildman–Crippen MR) is 84.3 cm³/mol. The van der Waals surface area contributed by atoms with Gasteiger partial charge in [0.1, 0.15) is 19.0 Å². The highest BCUT2D eigenvalue weighted by Gasteiger charge is 2.09. The summed E-state index contributed by atoms with van der Waals surface area (Å²) in [5, 5.41) is 0. The molecule has 2 rings (SSSR count). The lowest BCUT2D eigenvalue weighted by Crippen LogP contribution is -2.13. The smallest absolute Gasteiger partial charge is 0.161 e. The molecular weight excluding hydrogens is 300 g/mol. The molecule has 0 N–H and O–H groups in total. The molecular formula is C17H24O6. The van der Waals surface area contributed by atoms with Gasteiger partial charge >= 0.3 is 0 Å². The number of hydrogen-bond acceptors (Lipinski definition) is 6. The minimum atomic E-state index is 0.111. The quantitative estimate of drug-likeness (QED) is 0.824. The van der Waals surface area contributed by atoms with E-state index in [0.29, 0.717) is 70.8 Å². The van der Waals surface area contributed by atoms with Crippen molar-refractivity contribution >= 4 is 5.78 Å². The Labute approximate surface area is 136 Å². The third-order valence-electron chi connectivity index (χ3n) is 3.18. The van der Waals surface area contributed by atoms with E-state index in [4.69, 9.17) is 23.7 Å². The molecule has 23 heavy (non-hydrogen) atoms. The number of fused-ring (bicyclic) bond motifs is 1. The van der Waals surface area contributed by atoms with Gasteiger partial charge in [0.25, 0.3) is 0 Å². The Bertz CT molecular complexity index is 488. The van der Waals surface area contributed by atoms with Crippen molar-refractivity contribution in [2.24, 2.45) is 0 Å². The van der Waals surface area contributed by atoms with Gasteiger partial charge in [0.2, 0.25) is 0 Å². The summed E-state index contributed by atoms with van der Waals surface area (Å²) in [5.41, 5.74) is 0.906. The van der Waals surface area contributed by atoms with Crippen LogP contribution in [0.2, 0.25) is 0 Å². The van der Waals surface area contributed by atoms with Gasteiger partial charge in [0, 0.05) is 6.42 Å². The second-order valence-electron chi connectivity index (χ2n) is 5.19. The van der Waals surface area contributed by atoms with Crippen LogP contribution in [0.15, 0.2) is 18.2 Å². The zero-order valence-corrected chi connectivity index (χ0v) is 13.5. The number of ketones is 1. The molecule has 1 aromatic rings. The third-order valence-corrected chi connectivity index (χ3v) is 3.18. The normalized spacial score (nSPS) is 17.8. The van der Waals surface area contributed by atoms with Gasteiger partial charge in [-0.25, -0.2) is 0 Å². The highest BCUT2D eigenvalue weighted by atomic mass is 16.6. The summed E-state index contributed by atoms with van der Waals surface area (Å²) < 4.78 is 27.7. The fourth-order valence-corrected chi connectivity index (χ4v) is 2.14. The Morgan fingerprint density at radius 1 is 0.826 bits per heavy atom. The van der Waals surface area contributed by atoms with Gasteiger partial charge in [-0.05, 0) is 24.6 Å². The summed E-state index contributed by atoms with van der Waals surface area (Å²) in [6.07, 6.45) is 0.383. The standard InChI is InChI=1S/C17H24O6/c1-14(18)12-15-2-3-16-17(13-15)23-11-9-21-7-5-19-4-6-20-8-10-22-16/h2-3,13H,4-12H2,1H3. The first-order valence-electron chi connectivity index (χ1n) is 7.87. The number of ether oxygens (including phenoxy) is 5. The average Bonchev–Trinajstić information content (AvgIpc) is 2.53. The highest BCUT2D eigenvalue weighted by molar-refractivity contribution is 5.78. The van der Waals surface area contributed by atoms with Crippen molar-refractivity contribution in [1.29, 1.82) is 0 Å². The van der Waals surface area contributed by atoms with E-state index in [1.807, 2.05) is 18.2 Å². The molecule has 1 heterocycles. The lowest BCUT2D eigenvalue weighted by Gasteiger charge is -2.14. The molecule has 0 saturated carbocycles. The third kappa shape index (κ3) is 6.99. The van der Waals surface area contributed by atoms with Gasteiger partial charge in [-0.15, -0.1) is 0 Å². The van der Waals surface area contributed by atoms with Gasteiger partial charge in [0.15, 0.2) is 11.5 Å². The van der Waals surface area contributed by atoms with E-state index in [2.05, 4.69) is 0 Å². The molecule has 0 atom stereocenters. The number of hydrogen-bond donors (Lipinski definition) is 0. The van der Waals surface area contributed by atoms with Crippen molar-refractivity contribution in [1.82, 2.24) is 0 Å². The summed E-state index contributed by atoms with van der Waals surface area (Å²) in [6, 6.07) is 5.55. The monoisotopic (exact) mass is 324 g/mol. The van der Waals surface area contributed by atoms with E-state index < -0.39 is 0 Å². The first-order chi connectivity index (χ1) is 11.3. The first-order valence-corrected chi connectivity index (χ1v) is 7.87. The van der Waals surface area contributed by atoms with Gasteiger partial charge in [0.05, 0.1) is 39.6 Å². The molecule has 0 unspecified atom stereocenters. The Morgan fingerprint density at radius 2 is 1.35 bits per heavy atom. The maximum absolute atomic E-state index is 11.3. The Kier molecular flexibility index (Phi) is 7.86. The Hall–Kier alpha value is -1.63. The molecule has 0 aliphatic carbocycles. The maximum atomic E-state index is 11.3. The number of benzene rings is 1. The molecule has 0 fully saturated rings. The van der Waals surface area contributed by atoms with E-state index in [-0.39, 0.29) is 5.78 Å². The summed E-state index contributed by atoms with van der Waals surface area (Å²) in [5.74, 6) is 1.38. The van der Waals surface area contributed by atoms with Crippen molar-refractivity contribution in [3.63, 3.8) is 0 Å². The van der Waals surface area contributed by atoms with Crippen LogP contribution in [0.4, 0.5) is 0 Å². The van der Waals surface area contributed by atoms with E-state index >= 15 is 0 Å². The fourth-order valence-electron chi connectivity index (χ4n) is 2.14. The van der Waals surface area contributed by atoms with Crippen molar-refractivity contribution in [3.8, 4) is 11.5 Å². The maximum Gasteiger partial charge on any atom is 0.161 e. The summed E-state index contributed by atoms with van der Waals surface area (Å²) >= 11 is 0. The predicted octanol–water partition coefficient (Wildman–Crippen LogP) is 1.64. The van der Waals surface area contributed by atoms with Crippen molar-refractivity contribution in [2.45, 2.75) is 13.3 Å². The molecule has 1 aliphatic rings. The van der Waals surface area contributed by atoms with Crippen molar-refractivity contribution < 1.29 is 28.5 Å². The Morgan fingerprint density at radius 3 is 1.91 bits per heavy atom. The molecule has 6 heteroatoms. The molecule has 1 aliphatic heterocycles. The number of Topliss-reactive ketones (excluding diaryl/α,β-unsaturated/α-hetero) is 1. The molecule has 0 amide bonds. The zero-order valence-electron chi connectivity index (χ0n) is 13.5. The summed E-state index contributed by atoms with van der Waals surface area (Å²) in [6.45, 7) is 5.51.